The molecule has 2 aromatic carbocycles. The zero-order valence-electron chi connectivity index (χ0n) is 12.0. The van der Waals surface area contributed by atoms with Crippen LogP contribution in [0.1, 0.15) is 11.3 Å². The highest BCUT2D eigenvalue weighted by atomic mass is 19.1. The molecule has 106 valence electrons. The van der Waals surface area contributed by atoms with Crippen LogP contribution in [0.5, 0.6) is 0 Å². The van der Waals surface area contributed by atoms with Crippen LogP contribution in [-0.2, 0) is 0 Å². The summed E-state index contributed by atoms with van der Waals surface area (Å²) in [4.78, 5) is 4.46. The van der Waals surface area contributed by atoms with Crippen molar-refractivity contribution in [3.8, 4) is 5.69 Å². The number of anilines is 2. The number of rotatable bonds is 3. The molecule has 0 atom stereocenters. The van der Waals surface area contributed by atoms with Crippen LogP contribution in [0.15, 0.2) is 54.7 Å². The Balaban J connectivity index is 2.01. The van der Waals surface area contributed by atoms with Gasteiger partial charge in [0.05, 0.1) is 11.4 Å². The third-order valence-corrected chi connectivity index (χ3v) is 3.29. The van der Waals surface area contributed by atoms with Gasteiger partial charge in [0.2, 0.25) is 5.95 Å². The van der Waals surface area contributed by atoms with E-state index < -0.39 is 0 Å². The van der Waals surface area contributed by atoms with Gasteiger partial charge in [-0.25, -0.2) is 9.37 Å². The zero-order chi connectivity index (χ0) is 14.8. The SMILES string of the molecule is Cc1cn(-c2ccc(C)c(F)c2)c(Nc2ccccc2)n1. The van der Waals surface area contributed by atoms with Crippen molar-refractivity contribution in [2.45, 2.75) is 13.8 Å². The molecule has 1 aromatic heterocycles. The van der Waals surface area contributed by atoms with Crippen LogP contribution in [0.2, 0.25) is 0 Å². The lowest BCUT2D eigenvalue weighted by atomic mass is 10.2. The van der Waals surface area contributed by atoms with E-state index in [0.29, 0.717) is 11.5 Å². The van der Waals surface area contributed by atoms with Crippen LogP contribution in [0.4, 0.5) is 16.0 Å². The van der Waals surface area contributed by atoms with Crippen molar-refractivity contribution in [2.24, 2.45) is 0 Å². The van der Waals surface area contributed by atoms with Gasteiger partial charge in [0.25, 0.3) is 0 Å². The Morgan fingerprint density at radius 3 is 2.52 bits per heavy atom. The first-order valence-electron chi connectivity index (χ1n) is 6.78. The summed E-state index contributed by atoms with van der Waals surface area (Å²) in [6.45, 7) is 3.67. The minimum absolute atomic E-state index is 0.218. The lowest BCUT2D eigenvalue weighted by molar-refractivity contribution is 0.617. The predicted octanol–water partition coefficient (Wildman–Crippen LogP) is 4.37. The van der Waals surface area contributed by atoms with Crippen LogP contribution in [0, 0.1) is 19.7 Å². The summed E-state index contributed by atoms with van der Waals surface area (Å²) in [5.41, 5.74) is 3.19. The second-order valence-electron chi connectivity index (χ2n) is 5.00. The van der Waals surface area contributed by atoms with Gasteiger partial charge in [-0.05, 0) is 43.7 Å². The highest BCUT2D eigenvalue weighted by Gasteiger charge is 2.09. The van der Waals surface area contributed by atoms with Crippen molar-refractivity contribution in [3.05, 3.63) is 71.8 Å². The Kier molecular flexibility index (Phi) is 3.44. The van der Waals surface area contributed by atoms with E-state index in [1.54, 1.807) is 13.0 Å². The molecule has 0 amide bonds. The molecular weight excluding hydrogens is 265 g/mol. The van der Waals surface area contributed by atoms with E-state index in [0.717, 1.165) is 17.1 Å². The second-order valence-corrected chi connectivity index (χ2v) is 5.00. The average Bonchev–Trinajstić information content (AvgIpc) is 2.84. The molecule has 4 heteroatoms. The second kappa shape index (κ2) is 5.40. The lowest BCUT2D eigenvalue weighted by Gasteiger charge is -2.10. The summed E-state index contributed by atoms with van der Waals surface area (Å²) in [6.07, 6.45) is 1.88. The largest absolute Gasteiger partial charge is 0.325 e. The number of hydrogen-bond donors (Lipinski definition) is 1. The molecule has 0 bridgehead atoms. The molecule has 0 saturated heterocycles. The molecular formula is C17H16FN3. The quantitative estimate of drug-likeness (QED) is 0.772. The highest BCUT2D eigenvalue weighted by Crippen LogP contribution is 2.22. The van der Waals surface area contributed by atoms with Crippen molar-refractivity contribution in [1.29, 1.82) is 0 Å². The number of nitrogens with zero attached hydrogens (tertiary/aromatic N) is 2. The van der Waals surface area contributed by atoms with Gasteiger partial charge in [-0.2, -0.15) is 0 Å². The third kappa shape index (κ3) is 2.79. The fraction of sp³-hybridized carbons (Fsp3) is 0.118. The molecule has 0 spiro atoms. The molecule has 3 aromatic rings. The molecule has 0 aliphatic rings. The topological polar surface area (TPSA) is 29.9 Å². The number of imidazole rings is 1. The molecule has 0 aliphatic carbocycles. The van der Waals surface area contributed by atoms with Gasteiger partial charge in [0, 0.05) is 11.9 Å². The first-order chi connectivity index (χ1) is 10.1. The third-order valence-electron chi connectivity index (χ3n) is 3.29. The fourth-order valence-electron chi connectivity index (χ4n) is 2.16. The van der Waals surface area contributed by atoms with Gasteiger partial charge < -0.3 is 5.32 Å². The molecule has 0 saturated carbocycles. The zero-order valence-corrected chi connectivity index (χ0v) is 12.0. The van der Waals surface area contributed by atoms with Crippen molar-refractivity contribution in [1.82, 2.24) is 9.55 Å². The Labute approximate surface area is 123 Å². The number of benzene rings is 2. The summed E-state index contributed by atoms with van der Waals surface area (Å²) < 4.78 is 15.6. The number of aromatic nitrogens is 2. The Hall–Kier alpha value is -2.62. The molecule has 3 rings (SSSR count). The van der Waals surface area contributed by atoms with Gasteiger partial charge in [-0.15, -0.1) is 0 Å². The van der Waals surface area contributed by atoms with E-state index in [1.165, 1.54) is 6.07 Å². The first-order valence-corrected chi connectivity index (χ1v) is 6.78. The standard InChI is InChI=1S/C17H16FN3/c1-12-8-9-15(10-16(12)18)21-11-13(2)19-17(21)20-14-6-4-3-5-7-14/h3-11H,1-2H3,(H,19,20). The first kappa shape index (κ1) is 13.4. The van der Waals surface area contributed by atoms with Gasteiger partial charge in [-0.1, -0.05) is 24.3 Å². The van der Waals surface area contributed by atoms with E-state index >= 15 is 0 Å². The fourth-order valence-corrected chi connectivity index (χ4v) is 2.16. The highest BCUT2D eigenvalue weighted by molar-refractivity contribution is 5.56. The summed E-state index contributed by atoms with van der Waals surface area (Å²) >= 11 is 0. The maximum Gasteiger partial charge on any atom is 0.212 e. The number of halogens is 1. The molecule has 1 N–H and O–H groups in total. The molecule has 1 heterocycles. The lowest BCUT2D eigenvalue weighted by Crippen LogP contribution is -2.01. The van der Waals surface area contributed by atoms with E-state index in [1.807, 2.05) is 54.1 Å². The Morgan fingerprint density at radius 1 is 1.05 bits per heavy atom. The van der Waals surface area contributed by atoms with Gasteiger partial charge >= 0.3 is 0 Å². The normalized spacial score (nSPS) is 10.6. The van der Waals surface area contributed by atoms with Crippen LogP contribution in [-0.4, -0.2) is 9.55 Å². The van der Waals surface area contributed by atoms with Gasteiger partial charge in [-0.3, -0.25) is 4.57 Å². The molecule has 0 fully saturated rings. The smallest absolute Gasteiger partial charge is 0.212 e. The molecule has 21 heavy (non-hydrogen) atoms. The molecule has 0 aliphatic heterocycles. The number of aryl methyl sites for hydroxylation is 2. The van der Waals surface area contributed by atoms with E-state index in [2.05, 4.69) is 10.3 Å². The van der Waals surface area contributed by atoms with Crippen LogP contribution >= 0.6 is 0 Å². The Bertz CT molecular complexity index is 763. The number of hydrogen-bond acceptors (Lipinski definition) is 2. The molecule has 3 nitrogen and oxygen atoms in total. The van der Waals surface area contributed by atoms with Gasteiger partial charge in [0.15, 0.2) is 0 Å². The number of nitrogens with one attached hydrogen (secondary N) is 1. The minimum atomic E-state index is -0.218. The van der Waals surface area contributed by atoms with Crippen molar-refractivity contribution >= 4 is 11.6 Å². The van der Waals surface area contributed by atoms with Crippen molar-refractivity contribution in [2.75, 3.05) is 5.32 Å². The Morgan fingerprint density at radius 2 is 1.81 bits per heavy atom. The van der Waals surface area contributed by atoms with E-state index in [4.69, 9.17) is 0 Å². The van der Waals surface area contributed by atoms with Gasteiger partial charge in [0.1, 0.15) is 5.82 Å². The van der Waals surface area contributed by atoms with Crippen molar-refractivity contribution in [3.63, 3.8) is 0 Å². The summed E-state index contributed by atoms with van der Waals surface area (Å²) in [6, 6.07) is 15.0. The monoisotopic (exact) mass is 281 g/mol. The van der Waals surface area contributed by atoms with E-state index in [-0.39, 0.29) is 5.82 Å². The van der Waals surface area contributed by atoms with Crippen LogP contribution in [0.3, 0.4) is 0 Å². The summed E-state index contributed by atoms with van der Waals surface area (Å²) in [5.74, 6) is 0.450. The molecule has 0 radical (unpaired) electrons. The summed E-state index contributed by atoms with van der Waals surface area (Å²) in [7, 11) is 0. The maximum atomic E-state index is 13.8. The maximum absolute atomic E-state index is 13.8. The van der Waals surface area contributed by atoms with Crippen LogP contribution in [0.25, 0.3) is 5.69 Å². The van der Waals surface area contributed by atoms with Crippen molar-refractivity contribution < 1.29 is 4.39 Å². The minimum Gasteiger partial charge on any atom is -0.325 e. The number of para-hydroxylation sites is 1. The van der Waals surface area contributed by atoms with E-state index in [9.17, 15) is 4.39 Å². The summed E-state index contributed by atoms with van der Waals surface area (Å²) in [5, 5.41) is 3.26. The predicted molar refractivity (Wildman–Crippen MR) is 82.7 cm³/mol. The van der Waals surface area contributed by atoms with Crippen LogP contribution < -0.4 is 5.32 Å². The molecule has 0 unspecified atom stereocenters. The average molecular weight is 281 g/mol.